The van der Waals surface area contributed by atoms with Crippen LogP contribution in [-0.2, 0) is 4.74 Å². The molecule has 1 saturated carbocycles. The molecule has 1 rings (SSSR count). The summed E-state index contributed by atoms with van der Waals surface area (Å²) in [6.07, 6.45) is 3.48. The highest BCUT2D eigenvalue weighted by atomic mass is 16.5. The van der Waals surface area contributed by atoms with E-state index in [1.807, 2.05) is 6.08 Å². The third-order valence-corrected chi connectivity index (χ3v) is 3.32. The molecule has 15 heavy (non-hydrogen) atoms. The SMILES string of the molecule is C=CCCOCCNC1CC(O)C1(C)C. The number of aliphatic hydroxyl groups is 1. The van der Waals surface area contributed by atoms with E-state index in [1.54, 1.807) is 0 Å². The van der Waals surface area contributed by atoms with Crippen LogP contribution in [0.2, 0.25) is 0 Å². The minimum Gasteiger partial charge on any atom is -0.392 e. The van der Waals surface area contributed by atoms with E-state index >= 15 is 0 Å². The Hall–Kier alpha value is -0.380. The summed E-state index contributed by atoms with van der Waals surface area (Å²) in [5.74, 6) is 0. The van der Waals surface area contributed by atoms with Gasteiger partial charge in [-0.05, 0) is 12.8 Å². The fourth-order valence-electron chi connectivity index (χ4n) is 1.82. The second-order valence-corrected chi connectivity index (χ2v) is 4.77. The zero-order valence-corrected chi connectivity index (χ0v) is 9.83. The van der Waals surface area contributed by atoms with Gasteiger partial charge in [0.2, 0.25) is 0 Å². The predicted octanol–water partition coefficient (Wildman–Crippen LogP) is 1.33. The molecule has 0 aliphatic heterocycles. The van der Waals surface area contributed by atoms with Crippen molar-refractivity contribution in [3.63, 3.8) is 0 Å². The van der Waals surface area contributed by atoms with Crippen molar-refractivity contribution in [1.29, 1.82) is 0 Å². The van der Waals surface area contributed by atoms with Gasteiger partial charge in [0, 0.05) is 18.0 Å². The van der Waals surface area contributed by atoms with Gasteiger partial charge in [-0.1, -0.05) is 19.9 Å². The molecule has 88 valence electrons. The number of hydrogen-bond donors (Lipinski definition) is 2. The van der Waals surface area contributed by atoms with Gasteiger partial charge in [0.05, 0.1) is 19.3 Å². The van der Waals surface area contributed by atoms with Crippen molar-refractivity contribution in [2.45, 2.75) is 38.8 Å². The zero-order chi connectivity index (χ0) is 11.3. The van der Waals surface area contributed by atoms with E-state index < -0.39 is 0 Å². The molecule has 0 amide bonds. The van der Waals surface area contributed by atoms with E-state index in [9.17, 15) is 5.11 Å². The second-order valence-electron chi connectivity index (χ2n) is 4.77. The Morgan fingerprint density at radius 1 is 1.53 bits per heavy atom. The van der Waals surface area contributed by atoms with Crippen LogP contribution >= 0.6 is 0 Å². The molecule has 0 heterocycles. The lowest BCUT2D eigenvalue weighted by Gasteiger charge is -2.49. The van der Waals surface area contributed by atoms with Crippen molar-refractivity contribution in [3.05, 3.63) is 12.7 Å². The summed E-state index contributed by atoms with van der Waals surface area (Å²) in [6, 6.07) is 0.426. The number of nitrogens with one attached hydrogen (secondary N) is 1. The Bertz CT molecular complexity index is 204. The maximum atomic E-state index is 9.54. The standard InChI is InChI=1S/C12H23NO2/c1-4-5-7-15-8-6-13-10-9-11(14)12(10,2)3/h4,10-11,13-14H,1,5-9H2,2-3H3. The molecule has 2 atom stereocenters. The molecular weight excluding hydrogens is 190 g/mol. The molecule has 2 N–H and O–H groups in total. The molecule has 0 aromatic rings. The van der Waals surface area contributed by atoms with Crippen LogP contribution in [0.5, 0.6) is 0 Å². The van der Waals surface area contributed by atoms with Crippen LogP contribution in [0.4, 0.5) is 0 Å². The van der Waals surface area contributed by atoms with Gasteiger partial charge in [-0.3, -0.25) is 0 Å². The van der Waals surface area contributed by atoms with Crippen molar-refractivity contribution >= 4 is 0 Å². The van der Waals surface area contributed by atoms with Crippen LogP contribution < -0.4 is 5.32 Å². The lowest BCUT2D eigenvalue weighted by molar-refractivity contribution is -0.0737. The highest BCUT2D eigenvalue weighted by molar-refractivity contribution is 5.01. The third kappa shape index (κ3) is 3.30. The van der Waals surface area contributed by atoms with Crippen LogP contribution in [0.25, 0.3) is 0 Å². The quantitative estimate of drug-likeness (QED) is 0.495. The van der Waals surface area contributed by atoms with Crippen LogP contribution in [0.3, 0.4) is 0 Å². The molecule has 1 fully saturated rings. The lowest BCUT2D eigenvalue weighted by atomic mass is 9.64. The maximum absolute atomic E-state index is 9.54. The minimum absolute atomic E-state index is 0.0150. The van der Waals surface area contributed by atoms with Crippen LogP contribution in [0.15, 0.2) is 12.7 Å². The van der Waals surface area contributed by atoms with Crippen molar-refractivity contribution < 1.29 is 9.84 Å². The summed E-state index contributed by atoms with van der Waals surface area (Å²) in [4.78, 5) is 0. The molecule has 0 aromatic heterocycles. The molecule has 0 radical (unpaired) electrons. The molecule has 3 heteroatoms. The van der Waals surface area contributed by atoms with Gasteiger partial charge in [0.25, 0.3) is 0 Å². The topological polar surface area (TPSA) is 41.5 Å². The van der Waals surface area contributed by atoms with E-state index in [0.717, 1.165) is 32.6 Å². The first kappa shape index (κ1) is 12.7. The maximum Gasteiger partial charge on any atom is 0.0621 e. The Labute approximate surface area is 92.5 Å². The molecule has 0 aromatic carbocycles. The molecule has 0 saturated heterocycles. The van der Waals surface area contributed by atoms with Gasteiger partial charge in [0.15, 0.2) is 0 Å². The zero-order valence-electron chi connectivity index (χ0n) is 9.83. The lowest BCUT2D eigenvalue weighted by Crippen LogP contribution is -2.60. The van der Waals surface area contributed by atoms with E-state index in [2.05, 4.69) is 25.7 Å². The summed E-state index contributed by atoms with van der Waals surface area (Å²) in [7, 11) is 0. The van der Waals surface area contributed by atoms with Gasteiger partial charge in [-0.15, -0.1) is 6.58 Å². The largest absolute Gasteiger partial charge is 0.392 e. The Kier molecular flexibility index (Phi) is 4.77. The van der Waals surface area contributed by atoms with Crippen molar-refractivity contribution in [1.82, 2.24) is 5.32 Å². The smallest absolute Gasteiger partial charge is 0.0621 e. The summed E-state index contributed by atoms with van der Waals surface area (Å²) < 4.78 is 5.39. The van der Waals surface area contributed by atoms with Gasteiger partial charge in [-0.25, -0.2) is 0 Å². The average molecular weight is 213 g/mol. The Morgan fingerprint density at radius 2 is 2.27 bits per heavy atom. The second kappa shape index (κ2) is 5.64. The third-order valence-electron chi connectivity index (χ3n) is 3.32. The highest BCUT2D eigenvalue weighted by Gasteiger charge is 2.46. The van der Waals surface area contributed by atoms with Crippen molar-refractivity contribution in [3.8, 4) is 0 Å². The molecule has 1 aliphatic rings. The summed E-state index contributed by atoms with van der Waals surface area (Å²) >= 11 is 0. The first-order chi connectivity index (χ1) is 7.09. The van der Waals surface area contributed by atoms with E-state index in [0.29, 0.717) is 6.04 Å². The first-order valence-electron chi connectivity index (χ1n) is 5.69. The van der Waals surface area contributed by atoms with E-state index in [4.69, 9.17) is 4.74 Å². The molecular formula is C12H23NO2. The van der Waals surface area contributed by atoms with Gasteiger partial charge < -0.3 is 15.2 Å². The van der Waals surface area contributed by atoms with Gasteiger partial charge in [0.1, 0.15) is 0 Å². The fourth-order valence-corrected chi connectivity index (χ4v) is 1.82. The Morgan fingerprint density at radius 3 is 2.80 bits per heavy atom. The van der Waals surface area contributed by atoms with Crippen LogP contribution in [0, 0.1) is 5.41 Å². The van der Waals surface area contributed by atoms with Crippen LogP contribution in [-0.4, -0.2) is 37.0 Å². The minimum atomic E-state index is -0.156. The number of hydrogen-bond acceptors (Lipinski definition) is 3. The predicted molar refractivity (Wildman–Crippen MR) is 61.8 cm³/mol. The molecule has 3 nitrogen and oxygen atoms in total. The number of ether oxygens (including phenoxy) is 1. The summed E-state index contributed by atoms with van der Waals surface area (Å²) in [5, 5.41) is 12.9. The first-order valence-corrected chi connectivity index (χ1v) is 5.69. The molecule has 2 unspecified atom stereocenters. The van der Waals surface area contributed by atoms with Crippen molar-refractivity contribution in [2.24, 2.45) is 5.41 Å². The molecule has 0 spiro atoms. The normalized spacial score (nSPS) is 28.5. The molecule has 1 aliphatic carbocycles. The van der Waals surface area contributed by atoms with E-state index in [1.165, 1.54) is 0 Å². The van der Waals surface area contributed by atoms with Gasteiger partial charge >= 0.3 is 0 Å². The van der Waals surface area contributed by atoms with Crippen LogP contribution in [0.1, 0.15) is 26.7 Å². The van der Waals surface area contributed by atoms with E-state index in [-0.39, 0.29) is 11.5 Å². The summed E-state index contributed by atoms with van der Waals surface area (Å²) in [5.41, 5.74) is 0.0150. The average Bonchev–Trinajstić information content (AvgIpc) is 2.21. The fraction of sp³-hybridized carbons (Fsp3) is 0.833. The summed E-state index contributed by atoms with van der Waals surface area (Å²) in [6.45, 7) is 10.2. The number of rotatable bonds is 7. The number of aliphatic hydroxyl groups excluding tert-OH is 1. The van der Waals surface area contributed by atoms with Gasteiger partial charge in [-0.2, -0.15) is 0 Å². The van der Waals surface area contributed by atoms with Crippen molar-refractivity contribution in [2.75, 3.05) is 19.8 Å². The highest BCUT2D eigenvalue weighted by Crippen LogP contribution is 2.40. The Balaban J connectivity index is 2.00. The monoisotopic (exact) mass is 213 g/mol. The molecule has 0 bridgehead atoms.